The van der Waals surface area contributed by atoms with Gasteiger partial charge in [0.1, 0.15) is 5.60 Å². The number of halogens is 2. The average molecular weight is 316 g/mol. The van der Waals surface area contributed by atoms with E-state index in [4.69, 9.17) is 27.9 Å². The SMILES string of the molecule is CC(C)(C)OC(=O)N1CCC(c2c(Cl)cccc2Cl)C1. The predicted octanol–water partition coefficient (Wildman–Crippen LogP) is 4.72. The fourth-order valence-electron chi connectivity index (χ4n) is 2.39. The molecule has 110 valence electrons. The minimum atomic E-state index is -0.475. The van der Waals surface area contributed by atoms with Crippen LogP contribution in [0.4, 0.5) is 4.79 Å². The minimum absolute atomic E-state index is 0.170. The summed E-state index contributed by atoms with van der Waals surface area (Å²) in [6.07, 6.45) is 0.575. The Hall–Kier alpha value is -0.930. The molecule has 1 aromatic carbocycles. The molecule has 1 fully saturated rings. The second-order valence-electron chi connectivity index (χ2n) is 6.05. The maximum atomic E-state index is 12.0. The summed E-state index contributed by atoms with van der Waals surface area (Å²) >= 11 is 12.4. The Morgan fingerprint density at radius 2 is 1.90 bits per heavy atom. The zero-order valence-electron chi connectivity index (χ0n) is 12.0. The third-order valence-corrected chi connectivity index (χ3v) is 3.91. The number of carbonyl (C=O) groups is 1. The molecule has 1 heterocycles. The molecule has 1 atom stereocenters. The number of amides is 1. The maximum Gasteiger partial charge on any atom is 0.410 e. The summed E-state index contributed by atoms with van der Waals surface area (Å²) in [5, 5.41) is 1.32. The van der Waals surface area contributed by atoms with Gasteiger partial charge in [0.2, 0.25) is 0 Å². The predicted molar refractivity (Wildman–Crippen MR) is 81.6 cm³/mol. The van der Waals surface area contributed by atoms with Crippen LogP contribution in [0, 0.1) is 0 Å². The highest BCUT2D eigenvalue weighted by Crippen LogP contribution is 2.37. The van der Waals surface area contributed by atoms with E-state index in [-0.39, 0.29) is 12.0 Å². The van der Waals surface area contributed by atoms with Crippen molar-refractivity contribution in [3.05, 3.63) is 33.8 Å². The zero-order chi connectivity index (χ0) is 14.9. The van der Waals surface area contributed by atoms with Crippen LogP contribution < -0.4 is 0 Å². The molecule has 0 aliphatic carbocycles. The summed E-state index contributed by atoms with van der Waals surface area (Å²) in [6, 6.07) is 5.49. The quantitative estimate of drug-likeness (QED) is 0.750. The summed E-state index contributed by atoms with van der Waals surface area (Å²) in [5.41, 5.74) is 0.457. The van der Waals surface area contributed by atoms with Gasteiger partial charge < -0.3 is 9.64 Å². The molecular formula is C15H19Cl2NO2. The minimum Gasteiger partial charge on any atom is -0.444 e. The number of likely N-dealkylation sites (tertiary alicyclic amines) is 1. The van der Waals surface area contributed by atoms with Crippen molar-refractivity contribution in [3.63, 3.8) is 0 Å². The molecule has 1 aliphatic rings. The van der Waals surface area contributed by atoms with Gasteiger partial charge in [-0.1, -0.05) is 29.3 Å². The van der Waals surface area contributed by atoms with E-state index in [9.17, 15) is 4.79 Å². The second kappa shape index (κ2) is 5.82. The fraction of sp³-hybridized carbons (Fsp3) is 0.533. The first kappa shape index (κ1) is 15.5. The summed E-state index contributed by atoms with van der Waals surface area (Å²) in [6.45, 7) is 6.86. The lowest BCUT2D eigenvalue weighted by Crippen LogP contribution is -2.35. The van der Waals surface area contributed by atoms with E-state index in [1.807, 2.05) is 39.0 Å². The Labute approximate surface area is 129 Å². The van der Waals surface area contributed by atoms with Crippen molar-refractivity contribution in [3.8, 4) is 0 Å². The third kappa shape index (κ3) is 3.58. The Morgan fingerprint density at radius 1 is 1.30 bits per heavy atom. The Kier molecular flexibility index (Phi) is 4.50. The van der Waals surface area contributed by atoms with E-state index in [0.29, 0.717) is 23.1 Å². The van der Waals surface area contributed by atoms with Crippen molar-refractivity contribution in [2.75, 3.05) is 13.1 Å². The Balaban J connectivity index is 2.08. The van der Waals surface area contributed by atoms with Gasteiger partial charge in [0.25, 0.3) is 0 Å². The van der Waals surface area contributed by atoms with Gasteiger partial charge in [0, 0.05) is 29.1 Å². The van der Waals surface area contributed by atoms with Gasteiger partial charge in [-0.2, -0.15) is 0 Å². The third-order valence-electron chi connectivity index (χ3n) is 3.25. The number of rotatable bonds is 1. The first-order chi connectivity index (χ1) is 9.28. The van der Waals surface area contributed by atoms with E-state index in [2.05, 4.69) is 0 Å². The van der Waals surface area contributed by atoms with Crippen molar-refractivity contribution in [1.82, 2.24) is 4.90 Å². The van der Waals surface area contributed by atoms with Crippen LogP contribution in [-0.4, -0.2) is 29.7 Å². The molecule has 2 rings (SSSR count). The molecule has 1 amide bonds. The van der Waals surface area contributed by atoms with Gasteiger partial charge >= 0.3 is 6.09 Å². The molecule has 5 heteroatoms. The molecule has 1 saturated heterocycles. The van der Waals surface area contributed by atoms with E-state index in [0.717, 1.165) is 12.0 Å². The molecule has 1 aromatic rings. The number of ether oxygens (including phenoxy) is 1. The number of nitrogens with zero attached hydrogens (tertiary/aromatic N) is 1. The average Bonchev–Trinajstić information content (AvgIpc) is 2.76. The number of carbonyl (C=O) groups excluding carboxylic acids is 1. The summed E-state index contributed by atoms with van der Waals surface area (Å²) < 4.78 is 5.39. The van der Waals surface area contributed by atoms with Crippen molar-refractivity contribution in [2.45, 2.75) is 38.7 Å². The molecule has 0 N–H and O–H groups in total. The van der Waals surface area contributed by atoms with Gasteiger partial charge in [-0.3, -0.25) is 0 Å². The number of hydrogen-bond donors (Lipinski definition) is 0. The first-order valence-corrected chi connectivity index (χ1v) is 7.45. The summed E-state index contributed by atoms with van der Waals surface area (Å²) in [5.74, 6) is 0.170. The molecule has 3 nitrogen and oxygen atoms in total. The highest BCUT2D eigenvalue weighted by Gasteiger charge is 2.32. The van der Waals surface area contributed by atoms with Gasteiger partial charge in [-0.15, -0.1) is 0 Å². The second-order valence-corrected chi connectivity index (χ2v) is 6.86. The first-order valence-electron chi connectivity index (χ1n) is 6.70. The van der Waals surface area contributed by atoms with E-state index < -0.39 is 5.60 Å². The van der Waals surface area contributed by atoms with Gasteiger partial charge in [-0.05, 0) is 44.9 Å². The lowest BCUT2D eigenvalue weighted by Gasteiger charge is -2.24. The van der Waals surface area contributed by atoms with Crippen LogP contribution in [0.2, 0.25) is 10.0 Å². The highest BCUT2D eigenvalue weighted by molar-refractivity contribution is 6.36. The number of hydrogen-bond acceptors (Lipinski definition) is 2. The summed E-state index contributed by atoms with van der Waals surface area (Å²) in [7, 11) is 0. The molecule has 1 unspecified atom stereocenters. The lowest BCUT2D eigenvalue weighted by atomic mass is 9.98. The van der Waals surface area contributed by atoms with Crippen LogP contribution in [0.5, 0.6) is 0 Å². The molecule has 20 heavy (non-hydrogen) atoms. The molecule has 0 bridgehead atoms. The van der Waals surface area contributed by atoms with Gasteiger partial charge in [-0.25, -0.2) is 4.79 Å². The largest absolute Gasteiger partial charge is 0.444 e. The zero-order valence-corrected chi connectivity index (χ0v) is 13.5. The lowest BCUT2D eigenvalue weighted by molar-refractivity contribution is 0.0292. The van der Waals surface area contributed by atoms with Crippen LogP contribution in [0.1, 0.15) is 38.7 Å². The van der Waals surface area contributed by atoms with Crippen molar-refractivity contribution < 1.29 is 9.53 Å². The van der Waals surface area contributed by atoms with E-state index in [1.165, 1.54) is 0 Å². The van der Waals surface area contributed by atoms with Gasteiger partial charge in [0.15, 0.2) is 0 Å². The topological polar surface area (TPSA) is 29.5 Å². The molecule has 0 aromatic heterocycles. The summed E-state index contributed by atoms with van der Waals surface area (Å²) in [4.78, 5) is 13.8. The van der Waals surface area contributed by atoms with Crippen LogP contribution in [0.3, 0.4) is 0 Å². The van der Waals surface area contributed by atoms with Gasteiger partial charge in [0.05, 0.1) is 0 Å². The normalized spacial score (nSPS) is 19.2. The molecule has 1 aliphatic heterocycles. The van der Waals surface area contributed by atoms with E-state index in [1.54, 1.807) is 4.90 Å². The van der Waals surface area contributed by atoms with Crippen molar-refractivity contribution in [1.29, 1.82) is 0 Å². The smallest absolute Gasteiger partial charge is 0.410 e. The Bertz CT molecular complexity index is 491. The highest BCUT2D eigenvalue weighted by atomic mass is 35.5. The van der Waals surface area contributed by atoms with Crippen molar-refractivity contribution >= 4 is 29.3 Å². The van der Waals surface area contributed by atoms with Crippen LogP contribution in [0.25, 0.3) is 0 Å². The standard InChI is InChI=1S/C15H19Cl2NO2/c1-15(2,3)20-14(19)18-8-7-10(9-18)13-11(16)5-4-6-12(13)17/h4-6,10H,7-9H2,1-3H3. The molecular weight excluding hydrogens is 297 g/mol. The molecule has 0 spiro atoms. The molecule has 0 saturated carbocycles. The monoisotopic (exact) mass is 315 g/mol. The maximum absolute atomic E-state index is 12.0. The van der Waals surface area contributed by atoms with Crippen LogP contribution in [-0.2, 0) is 4.74 Å². The Morgan fingerprint density at radius 3 is 2.45 bits per heavy atom. The van der Waals surface area contributed by atoms with Crippen LogP contribution >= 0.6 is 23.2 Å². The van der Waals surface area contributed by atoms with Crippen LogP contribution in [0.15, 0.2) is 18.2 Å². The number of benzene rings is 1. The fourth-order valence-corrected chi connectivity index (χ4v) is 3.09. The van der Waals surface area contributed by atoms with Crippen molar-refractivity contribution in [2.24, 2.45) is 0 Å². The van der Waals surface area contributed by atoms with E-state index >= 15 is 0 Å². The molecule has 0 radical (unpaired) electrons.